The van der Waals surface area contributed by atoms with E-state index in [1.165, 1.54) is 13.3 Å². The summed E-state index contributed by atoms with van der Waals surface area (Å²) in [6, 6.07) is 9.87. The van der Waals surface area contributed by atoms with Gasteiger partial charge in [-0.1, -0.05) is 30.3 Å². The fraction of sp³-hybridized carbons (Fsp3) is 0.267. The Hall–Kier alpha value is -2.43. The third-order valence-corrected chi connectivity index (χ3v) is 2.87. The third-order valence-electron chi connectivity index (χ3n) is 2.87. The van der Waals surface area contributed by atoms with E-state index in [9.17, 15) is 4.79 Å². The number of ether oxygens (including phenoxy) is 1. The first-order chi connectivity index (χ1) is 9.61. The van der Waals surface area contributed by atoms with E-state index in [-0.39, 0.29) is 0 Å². The summed E-state index contributed by atoms with van der Waals surface area (Å²) in [5.41, 5.74) is 2.16. The average Bonchev–Trinajstić information content (AvgIpc) is 2.47. The SMILES string of the molecule is COC(=O)c1cnc(N(C)C)nc1Cc1ccccc1. The molecule has 5 nitrogen and oxygen atoms in total. The number of nitrogens with zero attached hydrogens (tertiary/aromatic N) is 3. The Kier molecular flexibility index (Phi) is 4.30. The Labute approximate surface area is 118 Å². The molecule has 0 radical (unpaired) electrons. The lowest BCUT2D eigenvalue weighted by atomic mass is 10.1. The number of hydrogen-bond acceptors (Lipinski definition) is 5. The van der Waals surface area contributed by atoms with Gasteiger partial charge in [-0.05, 0) is 5.56 Å². The lowest BCUT2D eigenvalue weighted by Gasteiger charge is -2.13. The molecule has 0 atom stereocenters. The maximum atomic E-state index is 11.8. The first-order valence-electron chi connectivity index (χ1n) is 6.27. The predicted octanol–water partition coefficient (Wildman–Crippen LogP) is 1.92. The molecule has 0 bridgehead atoms. The number of benzene rings is 1. The Balaban J connectivity index is 2.41. The number of rotatable bonds is 4. The molecule has 5 heteroatoms. The third kappa shape index (κ3) is 3.12. The average molecular weight is 271 g/mol. The Morgan fingerprint density at radius 1 is 1.25 bits per heavy atom. The van der Waals surface area contributed by atoms with Gasteiger partial charge in [-0.15, -0.1) is 0 Å². The van der Waals surface area contributed by atoms with Crippen molar-refractivity contribution in [2.75, 3.05) is 26.1 Å². The number of esters is 1. The molecule has 0 aliphatic carbocycles. The van der Waals surface area contributed by atoms with Gasteiger partial charge in [0.05, 0.1) is 18.4 Å². The van der Waals surface area contributed by atoms with Crippen LogP contribution in [-0.2, 0) is 11.2 Å². The van der Waals surface area contributed by atoms with Gasteiger partial charge in [0.25, 0.3) is 0 Å². The van der Waals surface area contributed by atoms with E-state index in [1.54, 1.807) is 4.90 Å². The van der Waals surface area contributed by atoms with E-state index < -0.39 is 5.97 Å². The van der Waals surface area contributed by atoms with Crippen molar-refractivity contribution in [3.63, 3.8) is 0 Å². The van der Waals surface area contributed by atoms with Crippen molar-refractivity contribution in [2.24, 2.45) is 0 Å². The van der Waals surface area contributed by atoms with Crippen molar-refractivity contribution in [1.82, 2.24) is 9.97 Å². The molecular formula is C15H17N3O2. The van der Waals surface area contributed by atoms with Crippen molar-refractivity contribution in [3.8, 4) is 0 Å². The molecule has 0 spiro atoms. The van der Waals surface area contributed by atoms with Gasteiger partial charge < -0.3 is 9.64 Å². The Bertz CT molecular complexity index is 597. The molecule has 0 aliphatic rings. The number of methoxy groups -OCH3 is 1. The van der Waals surface area contributed by atoms with Crippen LogP contribution in [0.5, 0.6) is 0 Å². The minimum atomic E-state index is -0.416. The van der Waals surface area contributed by atoms with Gasteiger partial charge in [-0.3, -0.25) is 0 Å². The van der Waals surface area contributed by atoms with Crippen LogP contribution >= 0.6 is 0 Å². The molecule has 104 valence electrons. The number of aromatic nitrogens is 2. The second kappa shape index (κ2) is 6.14. The molecule has 0 unspecified atom stereocenters. The van der Waals surface area contributed by atoms with Crippen molar-refractivity contribution in [2.45, 2.75) is 6.42 Å². The molecule has 20 heavy (non-hydrogen) atoms. The number of carbonyl (C=O) groups excluding carboxylic acids is 1. The highest BCUT2D eigenvalue weighted by molar-refractivity contribution is 5.90. The highest BCUT2D eigenvalue weighted by atomic mass is 16.5. The van der Waals surface area contributed by atoms with Crippen LogP contribution in [-0.4, -0.2) is 37.1 Å². The molecule has 0 saturated heterocycles. The highest BCUT2D eigenvalue weighted by Gasteiger charge is 2.16. The lowest BCUT2D eigenvalue weighted by Crippen LogP contribution is -2.16. The van der Waals surface area contributed by atoms with Crippen molar-refractivity contribution < 1.29 is 9.53 Å². The standard InChI is InChI=1S/C15H17N3O2/c1-18(2)15-16-10-12(14(19)20-3)13(17-15)9-11-7-5-4-6-8-11/h4-8,10H,9H2,1-3H3. The summed E-state index contributed by atoms with van der Waals surface area (Å²) in [5.74, 6) is 0.157. The number of hydrogen-bond donors (Lipinski definition) is 0. The number of carbonyl (C=O) groups is 1. The largest absolute Gasteiger partial charge is 0.465 e. The Morgan fingerprint density at radius 2 is 1.95 bits per heavy atom. The molecule has 1 heterocycles. The maximum Gasteiger partial charge on any atom is 0.341 e. The molecule has 0 N–H and O–H groups in total. The van der Waals surface area contributed by atoms with Crippen LogP contribution in [0.25, 0.3) is 0 Å². The monoisotopic (exact) mass is 271 g/mol. The molecule has 1 aromatic heterocycles. The van der Waals surface area contributed by atoms with Crippen molar-refractivity contribution >= 4 is 11.9 Å². The molecule has 1 aromatic carbocycles. The first-order valence-corrected chi connectivity index (χ1v) is 6.27. The molecule has 0 saturated carbocycles. The predicted molar refractivity (Wildman–Crippen MR) is 76.9 cm³/mol. The topological polar surface area (TPSA) is 55.3 Å². The van der Waals surface area contributed by atoms with Gasteiger partial charge >= 0.3 is 5.97 Å². The summed E-state index contributed by atoms with van der Waals surface area (Å²) in [6.07, 6.45) is 2.08. The van der Waals surface area contributed by atoms with Crippen LogP contribution < -0.4 is 4.90 Å². The Morgan fingerprint density at radius 3 is 2.55 bits per heavy atom. The lowest BCUT2D eigenvalue weighted by molar-refractivity contribution is 0.0598. The van der Waals surface area contributed by atoms with Crippen molar-refractivity contribution in [1.29, 1.82) is 0 Å². The van der Waals surface area contributed by atoms with Crippen LogP contribution in [0.4, 0.5) is 5.95 Å². The minimum Gasteiger partial charge on any atom is -0.465 e. The second-order valence-corrected chi connectivity index (χ2v) is 4.58. The van der Waals surface area contributed by atoms with E-state index in [2.05, 4.69) is 9.97 Å². The van der Waals surface area contributed by atoms with Gasteiger partial charge in [0.15, 0.2) is 0 Å². The molecule has 2 rings (SSSR count). The van der Waals surface area contributed by atoms with Gasteiger partial charge in [-0.2, -0.15) is 0 Å². The van der Waals surface area contributed by atoms with Gasteiger partial charge in [0.1, 0.15) is 0 Å². The maximum absolute atomic E-state index is 11.8. The van der Waals surface area contributed by atoms with Crippen LogP contribution in [0.2, 0.25) is 0 Å². The summed E-state index contributed by atoms with van der Waals surface area (Å²) < 4.78 is 4.78. The fourth-order valence-electron chi connectivity index (χ4n) is 1.83. The van der Waals surface area contributed by atoms with Crippen molar-refractivity contribution in [3.05, 3.63) is 53.3 Å². The van der Waals surface area contributed by atoms with E-state index in [0.29, 0.717) is 23.6 Å². The molecule has 0 amide bonds. The van der Waals surface area contributed by atoms with Gasteiger partial charge in [0.2, 0.25) is 5.95 Å². The van der Waals surface area contributed by atoms with Gasteiger partial charge in [0, 0.05) is 26.7 Å². The zero-order valence-corrected chi connectivity index (χ0v) is 11.8. The molecule has 0 fully saturated rings. The summed E-state index contributed by atoms with van der Waals surface area (Å²) >= 11 is 0. The minimum absolute atomic E-state index is 0.405. The van der Waals surface area contributed by atoms with E-state index in [1.807, 2.05) is 44.4 Å². The summed E-state index contributed by atoms with van der Waals surface area (Å²) in [7, 11) is 5.08. The van der Waals surface area contributed by atoms with Crippen LogP contribution in [0.1, 0.15) is 21.6 Å². The highest BCUT2D eigenvalue weighted by Crippen LogP contribution is 2.15. The van der Waals surface area contributed by atoms with Gasteiger partial charge in [-0.25, -0.2) is 14.8 Å². The number of anilines is 1. The molecule has 2 aromatic rings. The molecule has 0 aliphatic heterocycles. The van der Waals surface area contributed by atoms with Crippen LogP contribution in [0, 0.1) is 0 Å². The zero-order valence-electron chi connectivity index (χ0n) is 11.8. The zero-order chi connectivity index (χ0) is 14.5. The smallest absolute Gasteiger partial charge is 0.341 e. The second-order valence-electron chi connectivity index (χ2n) is 4.58. The van der Waals surface area contributed by atoms with Crippen LogP contribution in [0.3, 0.4) is 0 Å². The quantitative estimate of drug-likeness (QED) is 0.795. The summed E-state index contributed by atoms with van der Waals surface area (Å²) in [6.45, 7) is 0. The fourth-order valence-corrected chi connectivity index (χ4v) is 1.83. The van der Waals surface area contributed by atoms with E-state index >= 15 is 0 Å². The van der Waals surface area contributed by atoms with E-state index in [0.717, 1.165) is 5.56 Å². The normalized spacial score (nSPS) is 10.2. The molecular weight excluding hydrogens is 254 g/mol. The first kappa shape index (κ1) is 14.0. The van der Waals surface area contributed by atoms with E-state index in [4.69, 9.17) is 4.74 Å². The summed E-state index contributed by atoms with van der Waals surface area (Å²) in [4.78, 5) is 22.2. The van der Waals surface area contributed by atoms with Crippen LogP contribution in [0.15, 0.2) is 36.5 Å². The summed E-state index contributed by atoms with van der Waals surface area (Å²) in [5, 5.41) is 0.